The van der Waals surface area contributed by atoms with E-state index in [1.165, 1.54) is 17.8 Å². The van der Waals surface area contributed by atoms with Crippen molar-refractivity contribution in [2.75, 3.05) is 26.2 Å². The number of hydrogen-bond donors (Lipinski definition) is 1. The molecule has 0 saturated carbocycles. The highest BCUT2D eigenvalue weighted by atomic mass is 32.2. The van der Waals surface area contributed by atoms with E-state index in [1.807, 2.05) is 24.3 Å². The molecule has 0 heterocycles. The van der Waals surface area contributed by atoms with E-state index in [0.29, 0.717) is 18.4 Å². The van der Waals surface area contributed by atoms with Gasteiger partial charge >= 0.3 is 0 Å². The molecular weight excluding hydrogens is 496 g/mol. The third kappa shape index (κ3) is 6.21. The molecule has 2 aliphatic rings. The van der Waals surface area contributed by atoms with Gasteiger partial charge in [0.15, 0.2) is 5.71 Å². The summed E-state index contributed by atoms with van der Waals surface area (Å²) in [7, 11) is -4.70. The SMILES string of the molecule is CCN(CC)C1=CCC(C(=C2C=CC(=[N+](CC)CC)C=C2)c2ccc(S(=O)[O-])cc2S(=O)(=O)O)=CC1. The summed E-state index contributed by atoms with van der Waals surface area (Å²) in [5.41, 5.74) is 4.91. The molecule has 0 aromatic heterocycles. The van der Waals surface area contributed by atoms with Crippen LogP contribution in [0.1, 0.15) is 46.1 Å². The molecule has 0 bridgehead atoms. The maximum absolute atomic E-state index is 12.4. The molecule has 0 aliphatic heterocycles. The molecule has 1 aromatic carbocycles. The van der Waals surface area contributed by atoms with Crippen LogP contribution >= 0.6 is 0 Å². The molecular formula is C27H34N2O5S2. The monoisotopic (exact) mass is 530 g/mol. The van der Waals surface area contributed by atoms with E-state index in [0.717, 1.165) is 49.1 Å². The van der Waals surface area contributed by atoms with E-state index in [9.17, 15) is 21.7 Å². The first-order valence-corrected chi connectivity index (χ1v) is 14.7. The van der Waals surface area contributed by atoms with E-state index < -0.39 is 26.1 Å². The molecule has 2 aliphatic carbocycles. The standard InChI is InChI=1S/C27H34N2O5S2/c1-5-28(6-2)22-13-9-20(10-14-22)27(21-11-15-23(16-12-21)29(7-3)8-4)25-18-17-24(35(30)31)19-26(25)36(32,33)34/h9-11,13-14,16-19H,5-8,12,15H2,1-4H3,(H-,30,31,32,33,34). The van der Waals surface area contributed by atoms with Gasteiger partial charge in [-0.1, -0.05) is 18.2 Å². The molecule has 0 amide bonds. The summed E-state index contributed by atoms with van der Waals surface area (Å²) in [6, 6.07) is 3.84. The lowest BCUT2D eigenvalue weighted by atomic mass is 9.86. The van der Waals surface area contributed by atoms with Gasteiger partial charge in [0.25, 0.3) is 10.1 Å². The minimum absolute atomic E-state index is 0.205. The van der Waals surface area contributed by atoms with E-state index in [-0.39, 0.29) is 10.5 Å². The Bertz CT molecular complexity index is 1300. The molecule has 36 heavy (non-hydrogen) atoms. The highest BCUT2D eigenvalue weighted by Gasteiger charge is 2.25. The quantitative estimate of drug-likeness (QED) is 0.287. The smallest absolute Gasteiger partial charge is 0.295 e. The zero-order valence-electron chi connectivity index (χ0n) is 21.2. The zero-order chi connectivity index (χ0) is 26.5. The average Bonchev–Trinajstić information content (AvgIpc) is 2.87. The van der Waals surface area contributed by atoms with Crippen LogP contribution in [0.2, 0.25) is 0 Å². The maximum Gasteiger partial charge on any atom is 0.295 e. The third-order valence-electron chi connectivity index (χ3n) is 6.58. The first-order chi connectivity index (χ1) is 17.1. The molecule has 194 valence electrons. The highest BCUT2D eigenvalue weighted by Crippen LogP contribution is 2.38. The Kier molecular flexibility index (Phi) is 9.41. The predicted molar refractivity (Wildman–Crippen MR) is 143 cm³/mol. The van der Waals surface area contributed by atoms with Crippen LogP contribution in [0.15, 0.2) is 81.3 Å². The van der Waals surface area contributed by atoms with Gasteiger partial charge in [0, 0.05) is 47.8 Å². The molecule has 1 unspecified atom stereocenters. The van der Waals surface area contributed by atoms with Crippen LogP contribution in [-0.2, 0) is 21.2 Å². The summed E-state index contributed by atoms with van der Waals surface area (Å²) in [5.74, 6) is 0. The van der Waals surface area contributed by atoms with E-state index in [4.69, 9.17) is 0 Å². The van der Waals surface area contributed by atoms with Crippen molar-refractivity contribution in [2.45, 2.75) is 50.3 Å². The predicted octanol–water partition coefficient (Wildman–Crippen LogP) is 4.49. The molecule has 1 aromatic rings. The molecule has 0 fully saturated rings. The molecule has 9 heteroatoms. The zero-order valence-corrected chi connectivity index (χ0v) is 22.9. The lowest BCUT2D eigenvalue weighted by molar-refractivity contribution is -0.519. The van der Waals surface area contributed by atoms with Crippen molar-refractivity contribution in [2.24, 2.45) is 0 Å². The molecule has 3 rings (SSSR count). The van der Waals surface area contributed by atoms with Crippen LogP contribution in [0.5, 0.6) is 0 Å². The highest BCUT2D eigenvalue weighted by molar-refractivity contribution is 7.86. The summed E-state index contributed by atoms with van der Waals surface area (Å²) in [6.45, 7) is 11.9. The molecule has 0 saturated heterocycles. The van der Waals surface area contributed by atoms with Crippen molar-refractivity contribution < 1.29 is 26.3 Å². The van der Waals surface area contributed by atoms with Crippen LogP contribution in [0.25, 0.3) is 5.57 Å². The van der Waals surface area contributed by atoms with Gasteiger partial charge in [-0.15, -0.1) is 0 Å². The number of nitrogens with zero attached hydrogens (tertiary/aromatic N) is 2. The van der Waals surface area contributed by atoms with Crippen molar-refractivity contribution in [3.8, 4) is 0 Å². The molecule has 1 atom stereocenters. The summed E-state index contributed by atoms with van der Waals surface area (Å²) in [6.07, 6.45) is 13.4. The summed E-state index contributed by atoms with van der Waals surface area (Å²) < 4.78 is 60.1. The van der Waals surface area contributed by atoms with Gasteiger partial charge in [0.2, 0.25) is 0 Å². The first kappa shape index (κ1) is 28.0. The Balaban J connectivity index is 2.22. The van der Waals surface area contributed by atoms with Crippen molar-refractivity contribution in [3.05, 3.63) is 77.1 Å². The Labute approximate surface area is 217 Å². The summed E-state index contributed by atoms with van der Waals surface area (Å²) >= 11 is -2.64. The molecule has 0 spiro atoms. The second kappa shape index (κ2) is 12.1. The Morgan fingerprint density at radius 2 is 1.67 bits per heavy atom. The van der Waals surface area contributed by atoms with Crippen LogP contribution in [-0.4, -0.2) is 63.1 Å². The first-order valence-electron chi connectivity index (χ1n) is 12.2. The van der Waals surface area contributed by atoms with Gasteiger partial charge in [-0.3, -0.25) is 8.76 Å². The normalized spacial score (nSPS) is 16.5. The number of allylic oxidation sites excluding steroid dienone is 9. The Morgan fingerprint density at radius 3 is 2.14 bits per heavy atom. The fourth-order valence-corrected chi connectivity index (χ4v) is 5.87. The number of hydrogen-bond acceptors (Lipinski definition) is 5. The average molecular weight is 531 g/mol. The molecule has 0 radical (unpaired) electrons. The van der Waals surface area contributed by atoms with Crippen molar-refractivity contribution >= 4 is 32.5 Å². The second-order valence-electron chi connectivity index (χ2n) is 8.47. The van der Waals surface area contributed by atoms with Crippen molar-refractivity contribution in [1.82, 2.24) is 4.90 Å². The topological polar surface area (TPSA) is 101 Å². The third-order valence-corrected chi connectivity index (χ3v) is 8.12. The number of benzene rings is 1. The molecule has 1 N–H and O–H groups in total. The van der Waals surface area contributed by atoms with Gasteiger partial charge < -0.3 is 9.45 Å². The van der Waals surface area contributed by atoms with Crippen LogP contribution in [0.4, 0.5) is 0 Å². The Hall–Kier alpha value is -2.59. The fraction of sp³-hybridized carbons (Fsp3) is 0.370. The van der Waals surface area contributed by atoms with Gasteiger partial charge in [0.05, 0.1) is 0 Å². The van der Waals surface area contributed by atoms with Gasteiger partial charge in [-0.05, 0) is 86.2 Å². The maximum atomic E-state index is 12.4. The fourth-order valence-electron chi connectivity index (χ4n) is 4.68. The van der Waals surface area contributed by atoms with E-state index >= 15 is 0 Å². The Morgan fingerprint density at radius 1 is 1.03 bits per heavy atom. The molecule has 7 nitrogen and oxygen atoms in total. The van der Waals surface area contributed by atoms with Crippen LogP contribution in [0.3, 0.4) is 0 Å². The van der Waals surface area contributed by atoms with Gasteiger partial charge in [-0.25, -0.2) is 4.58 Å². The van der Waals surface area contributed by atoms with Crippen molar-refractivity contribution in [1.29, 1.82) is 0 Å². The minimum atomic E-state index is -4.70. The van der Waals surface area contributed by atoms with Crippen LogP contribution in [0, 0.1) is 0 Å². The lowest BCUT2D eigenvalue weighted by Gasteiger charge is -2.28. The van der Waals surface area contributed by atoms with Gasteiger partial charge in [0.1, 0.15) is 18.0 Å². The largest absolute Gasteiger partial charge is 0.768 e. The van der Waals surface area contributed by atoms with Crippen molar-refractivity contribution in [3.63, 3.8) is 0 Å². The van der Waals surface area contributed by atoms with E-state index in [2.05, 4.69) is 49.3 Å². The summed E-state index contributed by atoms with van der Waals surface area (Å²) in [5, 5.41) is 0. The summed E-state index contributed by atoms with van der Waals surface area (Å²) in [4.78, 5) is 1.66. The number of rotatable bonds is 9. The van der Waals surface area contributed by atoms with E-state index in [1.54, 1.807) is 0 Å². The van der Waals surface area contributed by atoms with Gasteiger partial charge in [-0.2, -0.15) is 8.42 Å². The van der Waals surface area contributed by atoms with Crippen LogP contribution < -0.4 is 0 Å². The minimum Gasteiger partial charge on any atom is -0.768 e. The lowest BCUT2D eigenvalue weighted by Crippen LogP contribution is -2.23. The second-order valence-corrected chi connectivity index (χ2v) is 10.8.